The molecule has 5 heteroatoms. The van der Waals surface area contributed by atoms with Crippen LogP contribution >= 0.6 is 0 Å². The smallest absolute Gasteiger partial charge is 0.331 e. The van der Waals surface area contributed by atoms with Gasteiger partial charge in [0.15, 0.2) is 0 Å². The van der Waals surface area contributed by atoms with Gasteiger partial charge in [0.25, 0.3) is 0 Å². The van der Waals surface area contributed by atoms with Gasteiger partial charge in [-0.3, -0.25) is 4.79 Å². The topological polar surface area (TPSA) is 83.8 Å². The van der Waals surface area contributed by atoms with E-state index in [0.29, 0.717) is 12.8 Å². The Bertz CT molecular complexity index is 259. The second kappa shape index (κ2) is 6.19. The van der Waals surface area contributed by atoms with Gasteiger partial charge in [0, 0.05) is 5.57 Å². The Balaban J connectivity index is 4.80. The molecule has 0 heterocycles. The predicted octanol–water partition coefficient (Wildman–Crippen LogP) is 0.577. The fourth-order valence-electron chi connectivity index (χ4n) is 1.25. The van der Waals surface area contributed by atoms with Crippen LogP contribution in [0.15, 0.2) is 12.2 Å². The molecule has 0 aromatic carbocycles. The average molecular weight is 216 g/mol. The molecule has 5 nitrogen and oxygen atoms in total. The van der Waals surface area contributed by atoms with E-state index in [1.54, 1.807) is 0 Å². The third kappa shape index (κ3) is 3.71. The van der Waals surface area contributed by atoms with Gasteiger partial charge < -0.3 is 14.9 Å². The van der Waals surface area contributed by atoms with Crippen LogP contribution in [0.2, 0.25) is 0 Å². The Morgan fingerprint density at radius 1 is 1.47 bits per heavy atom. The van der Waals surface area contributed by atoms with Gasteiger partial charge in [0.2, 0.25) is 0 Å². The van der Waals surface area contributed by atoms with Crippen molar-refractivity contribution in [3.63, 3.8) is 0 Å². The lowest BCUT2D eigenvalue weighted by Gasteiger charge is -2.20. The number of carboxylic acids is 1. The summed E-state index contributed by atoms with van der Waals surface area (Å²) in [7, 11) is 1.14. The maximum Gasteiger partial charge on any atom is 0.331 e. The van der Waals surface area contributed by atoms with Gasteiger partial charge in [-0.15, -0.1) is 0 Å². The molecule has 0 aromatic rings. The molecule has 2 N–H and O–H groups in total. The van der Waals surface area contributed by atoms with E-state index in [-0.39, 0.29) is 5.57 Å². The van der Waals surface area contributed by atoms with Crippen LogP contribution < -0.4 is 0 Å². The summed E-state index contributed by atoms with van der Waals surface area (Å²) < 4.78 is 4.43. The summed E-state index contributed by atoms with van der Waals surface area (Å²) in [5.74, 6) is -3.27. The number of carbonyl (C=O) groups is 2. The van der Waals surface area contributed by atoms with Crippen LogP contribution in [-0.4, -0.2) is 35.4 Å². The zero-order chi connectivity index (χ0) is 12.0. The highest BCUT2D eigenvalue weighted by molar-refractivity contribution is 5.94. The molecular weight excluding hydrogens is 200 g/mol. The quantitative estimate of drug-likeness (QED) is 0.501. The number of aliphatic hydroxyl groups is 1. The molecule has 0 aromatic heterocycles. The van der Waals surface area contributed by atoms with E-state index < -0.39 is 24.0 Å². The molecule has 0 saturated carbocycles. The summed E-state index contributed by atoms with van der Waals surface area (Å²) in [4.78, 5) is 21.9. The van der Waals surface area contributed by atoms with Crippen LogP contribution in [0, 0.1) is 5.92 Å². The molecular formula is C10H16O5. The molecule has 15 heavy (non-hydrogen) atoms. The summed E-state index contributed by atoms with van der Waals surface area (Å²) in [6, 6.07) is 0. The molecule has 0 amide bonds. The molecule has 0 aliphatic heterocycles. The Morgan fingerprint density at radius 3 is 2.33 bits per heavy atom. The number of methoxy groups -OCH3 is 1. The number of hydrogen-bond acceptors (Lipinski definition) is 4. The zero-order valence-electron chi connectivity index (χ0n) is 8.90. The fraction of sp³-hybridized carbons (Fsp3) is 0.600. The van der Waals surface area contributed by atoms with Crippen molar-refractivity contribution in [3.8, 4) is 0 Å². The first kappa shape index (κ1) is 13.6. The van der Waals surface area contributed by atoms with Gasteiger partial charge >= 0.3 is 11.9 Å². The molecule has 0 bridgehead atoms. The van der Waals surface area contributed by atoms with E-state index in [1.807, 2.05) is 6.92 Å². The van der Waals surface area contributed by atoms with Crippen molar-refractivity contribution >= 4 is 11.9 Å². The minimum Gasteiger partial charge on any atom is -0.478 e. The van der Waals surface area contributed by atoms with Gasteiger partial charge in [-0.2, -0.15) is 0 Å². The van der Waals surface area contributed by atoms with Crippen LogP contribution in [0.1, 0.15) is 19.8 Å². The normalized spacial score (nSPS) is 14.1. The van der Waals surface area contributed by atoms with Crippen LogP contribution in [0.3, 0.4) is 0 Å². The molecule has 0 saturated heterocycles. The van der Waals surface area contributed by atoms with Gasteiger partial charge in [-0.05, 0) is 6.42 Å². The molecule has 0 spiro atoms. The van der Waals surface area contributed by atoms with E-state index in [2.05, 4.69) is 11.3 Å². The molecule has 2 atom stereocenters. The van der Waals surface area contributed by atoms with Crippen LogP contribution in [0.4, 0.5) is 0 Å². The maximum absolute atomic E-state index is 11.3. The molecule has 86 valence electrons. The van der Waals surface area contributed by atoms with E-state index >= 15 is 0 Å². The van der Waals surface area contributed by atoms with Gasteiger partial charge in [-0.25, -0.2) is 4.79 Å². The number of hydrogen-bond donors (Lipinski definition) is 2. The molecule has 0 rings (SSSR count). The largest absolute Gasteiger partial charge is 0.478 e. The Labute approximate surface area is 88.4 Å². The molecule has 0 aliphatic rings. The monoisotopic (exact) mass is 216 g/mol. The highest BCUT2D eigenvalue weighted by Crippen LogP contribution is 2.19. The summed E-state index contributed by atoms with van der Waals surface area (Å²) >= 11 is 0. The minimum absolute atomic E-state index is 0.325. The minimum atomic E-state index is -1.31. The number of carbonyl (C=O) groups excluding carboxylic acids is 1. The highest BCUT2D eigenvalue weighted by atomic mass is 16.5. The highest BCUT2D eigenvalue weighted by Gasteiger charge is 2.33. The van der Waals surface area contributed by atoms with Crippen molar-refractivity contribution in [2.45, 2.75) is 25.9 Å². The van der Waals surface area contributed by atoms with Gasteiger partial charge in [-0.1, -0.05) is 19.9 Å². The van der Waals surface area contributed by atoms with Crippen molar-refractivity contribution in [1.29, 1.82) is 0 Å². The van der Waals surface area contributed by atoms with Gasteiger partial charge in [0.05, 0.1) is 13.2 Å². The number of aliphatic hydroxyl groups excluding tert-OH is 1. The molecule has 0 aliphatic carbocycles. The number of ether oxygens (including phenoxy) is 1. The second-order valence-corrected chi connectivity index (χ2v) is 3.19. The van der Waals surface area contributed by atoms with Crippen molar-refractivity contribution < 1.29 is 24.5 Å². The SMILES string of the molecule is C=C(C(=O)O)[C@H](C(=O)OC)[C@@H](O)CCC. The molecule has 0 unspecified atom stereocenters. The number of rotatable bonds is 6. The van der Waals surface area contributed by atoms with Crippen molar-refractivity contribution in [2.75, 3.05) is 7.11 Å². The first-order valence-electron chi connectivity index (χ1n) is 4.63. The van der Waals surface area contributed by atoms with Crippen molar-refractivity contribution in [1.82, 2.24) is 0 Å². The van der Waals surface area contributed by atoms with E-state index in [9.17, 15) is 14.7 Å². The fourth-order valence-corrected chi connectivity index (χ4v) is 1.25. The van der Waals surface area contributed by atoms with E-state index in [1.165, 1.54) is 0 Å². The van der Waals surface area contributed by atoms with Crippen LogP contribution in [0.25, 0.3) is 0 Å². The average Bonchev–Trinajstić information content (AvgIpc) is 2.17. The Hall–Kier alpha value is -1.36. The summed E-state index contributed by atoms with van der Waals surface area (Å²) in [6.07, 6.45) is -0.0979. The predicted molar refractivity (Wildman–Crippen MR) is 53.2 cm³/mol. The van der Waals surface area contributed by atoms with Gasteiger partial charge in [0.1, 0.15) is 5.92 Å². The lowest BCUT2D eigenvalue weighted by Crippen LogP contribution is -2.33. The number of esters is 1. The third-order valence-electron chi connectivity index (χ3n) is 2.07. The first-order chi connectivity index (χ1) is 6.95. The first-order valence-corrected chi connectivity index (χ1v) is 4.63. The zero-order valence-corrected chi connectivity index (χ0v) is 8.90. The second-order valence-electron chi connectivity index (χ2n) is 3.19. The van der Waals surface area contributed by atoms with Crippen LogP contribution in [-0.2, 0) is 14.3 Å². The molecule has 0 fully saturated rings. The van der Waals surface area contributed by atoms with Crippen molar-refractivity contribution in [3.05, 3.63) is 12.2 Å². The lowest BCUT2D eigenvalue weighted by atomic mass is 9.91. The maximum atomic E-state index is 11.3. The summed E-state index contributed by atoms with van der Waals surface area (Å²) in [5.41, 5.74) is -0.345. The van der Waals surface area contributed by atoms with E-state index in [0.717, 1.165) is 7.11 Å². The summed E-state index contributed by atoms with van der Waals surface area (Å²) in [6.45, 7) is 5.09. The summed E-state index contributed by atoms with van der Waals surface area (Å²) in [5, 5.41) is 18.3. The lowest BCUT2D eigenvalue weighted by molar-refractivity contribution is -0.150. The molecule has 0 radical (unpaired) electrons. The van der Waals surface area contributed by atoms with Crippen LogP contribution in [0.5, 0.6) is 0 Å². The number of carboxylic acid groups (broad SMARTS) is 1. The Kier molecular flexibility index (Phi) is 5.62. The standard InChI is InChI=1S/C10H16O5/c1-4-5-7(11)8(10(14)15-3)6(2)9(12)13/h7-8,11H,2,4-5H2,1,3H3,(H,12,13)/t7-,8-/m0/s1. The Morgan fingerprint density at radius 2 is 2.00 bits per heavy atom. The van der Waals surface area contributed by atoms with E-state index in [4.69, 9.17) is 5.11 Å². The van der Waals surface area contributed by atoms with Crippen molar-refractivity contribution in [2.24, 2.45) is 5.92 Å². The third-order valence-corrected chi connectivity index (χ3v) is 2.07. The number of aliphatic carboxylic acids is 1.